The van der Waals surface area contributed by atoms with Crippen LogP contribution in [0.15, 0.2) is 12.3 Å². The van der Waals surface area contributed by atoms with Crippen molar-refractivity contribution in [2.75, 3.05) is 5.73 Å². The van der Waals surface area contributed by atoms with E-state index in [9.17, 15) is 4.79 Å². The largest absolute Gasteiger partial charge is 0.383 e. The Labute approximate surface area is 96.1 Å². The fraction of sp³-hybridized carbons (Fsp3) is 0.538. The molecule has 0 radical (unpaired) electrons. The summed E-state index contributed by atoms with van der Waals surface area (Å²) in [6.07, 6.45) is 7.29. The molecule has 0 saturated heterocycles. The molecule has 1 aromatic heterocycles. The summed E-state index contributed by atoms with van der Waals surface area (Å²) in [5, 5.41) is 0. The number of nitrogen functional groups attached to an aromatic ring is 1. The Morgan fingerprint density at radius 1 is 1.38 bits per heavy atom. The van der Waals surface area contributed by atoms with Gasteiger partial charge in [-0.1, -0.05) is 19.3 Å². The number of Topliss-reactive ketones (excluding diaryl/α,β-unsaturated/α-hetero) is 1. The normalized spacial score (nSPS) is 17.3. The Balaban J connectivity index is 2.22. The fourth-order valence-corrected chi connectivity index (χ4v) is 2.36. The van der Waals surface area contributed by atoms with E-state index in [2.05, 4.69) is 4.98 Å². The van der Waals surface area contributed by atoms with Crippen molar-refractivity contribution in [2.45, 2.75) is 39.0 Å². The van der Waals surface area contributed by atoms with Gasteiger partial charge < -0.3 is 5.73 Å². The third kappa shape index (κ3) is 2.23. The van der Waals surface area contributed by atoms with Gasteiger partial charge in [0.2, 0.25) is 0 Å². The number of carbonyl (C=O) groups is 1. The third-order valence-corrected chi connectivity index (χ3v) is 3.30. The van der Waals surface area contributed by atoms with E-state index in [4.69, 9.17) is 5.73 Å². The SMILES string of the molecule is Cc1cnc(N)c(C(=O)C2CCCCC2)c1. The first kappa shape index (κ1) is 11.1. The van der Waals surface area contributed by atoms with Crippen LogP contribution in [-0.4, -0.2) is 10.8 Å². The molecule has 0 aromatic carbocycles. The van der Waals surface area contributed by atoms with Crippen LogP contribution in [0.1, 0.15) is 48.0 Å². The van der Waals surface area contributed by atoms with Gasteiger partial charge in [-0.25, -0.2) is 4.98 Å². The number of hydrogen-bond donors (Lipinski definition) is 1. The number of aromatic nitrogens is 1. The number of pyridine rings is 1. The second kappa shape index (κ2) is 4.64. The van der Waals surface area contributed by atoms with Crippen LogP contribution in [0.2, 0.25) is 0 Å². The molecule has 3 nitrogen and oxygen atoms in total. The first-order chi connectivity index (χ1) is 7.68. The fourth-order valence-electron chi connectivity index (χ4n) is 2.36. The van der Waals surface area contributed by atoms with Gasteiger partial charge in [0, 0.05) is 12.1 Å². The molecule has 1 aliphatic rings. The highest BCUT2D eigenvalue weighted by molar-refractivity contribution is 6.01. The zero-order valence-electron chi connectivity index (χ0n) is 9.70. The van der Waals surface area contributed by atoms with Gasteiger partial charge in [-0.3, -0.25) is 4.79 Å². The molecular weight excluding hydrogens is 200 g/mol. The summed E-state index contributed by atoms with van der Waals surface area (Å²) in [6, 6.07) is 1.86. The van der Waals surface area contributed by atoms with E-state index in [-0.39, 0.29) is 11.7 Å². The minimum absolute atomic E-state index is 0.166. The van der Waals surface area contributed by atoms with Crippen LogP contribution in [0.4, 0.5) is 5.82 Å². The van der Waals surface area contributed by atoms with Gasteiger partial charge in [-0.2, -0.15) is 0 Å². The van der Waals surface area contributed by atoms with Crippen molar-refractivity contribution < 1.29 is 4.79 Å². The summed E-state index contributed by atoms with van der Waals surface area (Å²) in [6.45, 7) is 1.93. The predicted octanol–water partition coefficient (Wildman–Crippen LogP) is 2.74. The summed E-state index contributed by atoms with van der Waals surface area (Å²) < 4.78 is 0. The maximum Gasteiger partial charge on any atom is 0.169 e. The Morgan fingerprint density at radius 2 is 2.06 bits per heavy atom. The molecule has 1 aromatic rings. The van der Waals surface area contributed by atoms with E-state index in [0.29, 0.717) is 11.4 Å². The number of anilines is 1. The van der Waals surface area contributed by atoms with Gasteiger partial charge in [-0.05, 0) is 31.4 Å². The van der Waals surface area contributed by atoms with Crippen molar-refractivity contribution in [3.8, 4) is 0 Å². The Kier molecular flexibility index (Phi) is 3.22. The Morgan fingerprint density at radius 3 is 2.75 bits per heavy atom. The lowest BCUT2D eigenvalue weighted by atomic mass is 9.84. The molecule has 1 fully saturated rings. The molecule has 0 bridgehead atoms. The number of rotatable bonds is 2. The third-order valence-electron chi connectivity index (χ3n) is 3.30. The smallest absolute Gasteiger partial charge is 0.169 e. The predicted molar refractivity (Wildman–Crippen MR) is 64.3 cm³/mol. The van der Waals surface area contributed by atoms with E-state index in [1.165, 1.54) is 6.42 Å². The molecule has 2 N–H and O–H groups in total. The van der Waals surface area contributed by atoms with Gasteiger partial charge in [0.1, 0.15) is 5.82 Å². The second-order valence-electron chi connectivity index (χ2n) is 4.64. The van der Waals surface area contributed by atoms with E-state index in [1.807, 2.05) is 13.0 Å². The van der Waals surface area contributed by atoms with Crippen molar-refractivity contribution in [3.63, 3.8) is 0 Å². The molecule has 3 heteroatoms. The van der Waals surface area contributed by atoms with Crippen LogP contribution in [-0.2, 0) is 0 Å². The summed E-state index contributed by atoms with van der Waals surface area (Å²) in [7, 11) is 0. The molecule has 0 unspecified atom stereocenters. The average molecular weight is 218 g/mol. The van der Waals surface area contributed by atoms with Crippen LogP contribution in [0.5, 0.6) is 0 Å². The van der Waals surface area contributed by atoms with Gasteiger partial charge >= 0.3 is 0 Å². The lowest BCUT2D eigenvalue weighted by Gasteiger charge is -2.20. The number of aryl methyl sites for hydroxylation is 1. The maximum absolute atomic E-state index is 12.3. The summed E-state index contributed by atoms with van der Waals surface area (Å²) in [5.41, 5.74) is 7.38. The zero-order chi connectivity index (χ0) is 11.5. The van der Waals surface area contributed by atoms with Crippen molar-refractivity contribution >= 4 is 11.6 Å². The van der Waals surface area contributed by atoms with Crippen LogP contribution >= 0.6 is 0 Å². The highest BCUT2D eigenvalue weighted by Gasteiger charge is 2.24. The summed E-state index contributed by atoms with van der Waals surface area (Å²) in [5.74, 6) is 0.731. The molecule has 0 atom stereocenters. The van der Waals surface area contributed by atoms with Crippen molar-refractivity contribution in [2.24, 2.45) is 5.92 Å². The summed E-state index contributed by atoms with van der Waals surface area (Å²) in [4.78, 5) is 16.3. The lowest BCUT2D eigenvalue weighted by Crippen LogP contribution is -2.19. The van der Waals surface area contributed by atoms with Gasteiger partial charge in [0.05, 0.1) is 5.56 Å². The molecule has 1 saturated carbocycles. The molecule has 2 rings (SSSR count). The second-order valence-corrected chi connectivity index (χ2v) is 4.64. The topological polar surface area (TPSA) is 56.0 Å². The standard InChI is InChI=1S/C13H18N2O/c1-9-7-11(13(14)15-8-9)12(16)10-5-3-2-4-6-10/h7-8,10H,2-6H2,1H3,(H2,14,15). The Hall–Kier alpha value is -1.38. The molecule has 16 heavy (non-hydrogen) atoms. The zero-order valence-corrected chi connectivity index (χ0v) is 9.70. The van der Waals surface area contributed by atoms with E-state index in [0.717, 1.165) is 31.2 Å². The van der Waals surface area contributed by atoms with Crippen molar-refractivity contribution in [3.05, 3.63) is 23.4 Å². The van der Waals surface area contributed by atoms with Crippen LogP contribution in [0.3, 0.4) is 0 Å². The molecule has 86 valence electrons. The van der Waals surface area contributed by atoms with E-state index >= 15 is 0 Å². The number of hydrogen-bond acceptors (Lipinski definition) is 3. The number of carbonyl (C=O) groups excluding carboxylic acids is 1. The molecule has 0 amide bonds. The average Bonchev–Trinajstić information content (AvgIpc) is 2.32. The van der Waals surface area contributed by atoms with Crippen LogP contribution in [0.25, 0.3) is 0 Å². The minimum atomic E-state index is 0.166. The highest BCUT2D eigenvalue weighted by Crippen LogP contribution is 2.28. The first-order valence-corrected chi connectivity index (χ1v) is 5.95. The van der Waals surface area contributed by atoms with Crippen LogP contribution in [0, 0.1) is 12.8 Å². The van der Waals surface area contributed by atoms with Gasteiger partial charge in [0.15, 0.2) is 5.78 Å². The quantitative estimate of drug-likeness (QED) is 0.776. The first-order valence-electron chi connectivity index (χ1n) is 5.95. The molecular formula is C13H18N2O. The Bertz CT molecular complexity index is 395. The molecule has 1 heterocycles. The number of nitrogens with two attached hydrogens (primary N) is 1. The van der Waals surface area contributed by atoms with Crippen LogP contribution < -0.4 is 5.73 Å². The van der Waals surface area contributed by atoms with Crippen molar-refractivity contribution in [1.82, 2.24) is 4.98 Å². The van der Waals surface area contributed by atoms with Crippen molar-refractivity contribution in [1.29, 1.82) is 0 Å². The molecule has 0 spiro atoms. The number of nitrogens with zero attached hydrogens (tertiary/aromatic N) is 1. The number of ketones is 1. The van der Waals surface area contributed by atoms with E-state index in [1.54, 1.807) is 6.20 Å². The lowest BCUT2D eigenvalue weighted by molar-refractivity contribution is 0.0890. The minimum Gasteiger partial charge on any atom is -0.383 e. The molecule has 1 aliphatic carbocycles. The maximum atomic E-state index is 12.3. The van der Waals surface area contributed by atoms with E-state index < -0.39 is 0 Å². The highest BCUT2D eigenvalue weighted by atomic mass is 16.1. The molecule has 0 aliphatic heterocycles. The van der Waals surface area contributed by atoms with Gasteiger partial charge in [-0.15, -0.1) is 0 Å². The summed E-state index contributed by atoms with van der Waals surface area (Å²) >= 11 is 0. The monoisotopic (exact) mass is 218 g/mol. The van der Waals surface area contributed by atoms with Gasteiger partial charge in [0.25, 0.3) is 0 Å².